The fourth-order valence-corrected chi connectivity index (χ4v) is 3.14. The number of benzene rings is 2. The molecule has 0 radical (unpaired) electrons. The van der Waals surface area contributed by atoms with E-state index in [1.807, 2.05) is 0 Å². The standard InChI is InChI=1S/C21H23N3O6/c1-28-16-8-9-18(29-2)17(12-16)24-11-10-23(21(24)27)13-19(25)22-15-6-4-14(5-7-15)20(26)30-3/h4-9,12H,10-11,13H2,1-3H3,(H,22,25). The second-order valence-corrected chi connectivity index (χ2v) is 6.51. The SMILES string of the molecule is COC(=O)c1ccc(NC(=O)CN2CCN(c3cc(OC)ccc3OC)C2=O)cc1. The van der Waals surface area contributed by atoms with Crippen molar-refractivity contribution in [3.05, 3.63) is 48.0 Å². The first-order valence-electron chi connectivity index (χ1n) is 9.23. The highest BCUT2D eigenvalue weighted by molar-refractivity contribution is 6.00. The third kappa shape index (κ3) is 4.45. The molecule has 9 heteroatoms. The molecule has 0 saturated carbocycles. The molecule has 0 atom stereocenters. The average molecular weight is 413 g/mol. The van der Waals surface area contributed by atoms with Crippen molar-refractivity contribution in [2.75, 3.05) is 51.2 Å². The van der Waals surface area contributed by atoms with E-state index in [4.69, 9.17) is 9.47 Å². The van der Waals surface area contributed by atoms with Crippen molar-refractivity contribution in [2.45, 2.75) is 0 Å². The van der Waals surface area contributed by atoms with E-state index in [2.05, 4.69) is 10.1 Å². The van der Waals surface area contributed by atoms with E-state index in [1.54, 1.807) is 54.5 Å². The molecule has 9 nitrogen and oxygen atoms in total. The Morgan fingerprint density at radius 3 is 2.37 bits per heavy atom. The van der Waals surface area contributed by atoms with E-state index < -0.39 is 5.97 Å². The molecule has 2 aromatic rings. The van der Waals surface area contributed by atoms with Crippen LogP contribution in [0.5, 0.6) is 11.5 Å². The highest BCUT2D eigenvalue weighted by atomic mass is 16.5. The molecule has 1 fully saturated rings. The Morgan fingerprint density at radius 1 is 1.00 bits per heavy atom. The van der Waals surface area contributed by atoms with E-state index in [0.29, 0.717) is 41.5 Å². The quantitative estimate of drug-likeness (QED) is 0.700. The predicted molar refractivity (Wildman–Crippen MR) is 110 cm³/mol. The molecule has 0 bridgehead atoms. The van der Waals surface area contributed by atoms with Gasteiger partial charge in [0.25, 0.3) is 0 Å². The molecule has 3 rings (SSSR count). The maximum absolute atomic E-state index is 12.8. The number of carbonyl (C=O) groups excluding carboxylic acids is 3. The molecule has 158 valence electrons. The zero-order valence-electron chi connectivity index (χ0n) is 17.0. The Bertz CT molecular complexity index is 944. The molecule has 2 aromatic carbocycles. The van der Waals surface area contributed by atoms with Crippen LogP contribution < -0.4 is 19.7 Å². The minimum Gasteiger partial charge on any atom is -0.497 e. The van der Waals surface area contributed by atoms with Crippen LogP contribution in [-0.4, -0.2) is 63.8 Å². The van der Waals surface area contributed by atoms with Gasteiger partial charge in [0.05, 0.1) is 32.6 Å². The van der Waals surface area contributed by atoms with Gasteiger partial charge < -0.3 is 24.4 Å². The molecule has 0 spiro atoms. The van der Waals surface area contributed by atoms with Gasteiger partial charge in [0, 0.05) is 24.8 Å². The number of hydrogen-bond donors (Lipinski definition) is 1. The summed E-state index contributed by atoms with van der Waals surface area (Å²) in [4.78, 5) is 39.7. The number of anilines is 2. The van der Waals surface area contributed by atoms with Crippen molar-refractivity contribution in [3.63, 3.8) is 0 Å². The van der Waals surface area contributed by atoms with E-state index in [0.717, 1.165) is 0 Å². The van der Waals surface area contributed by atoms with Gasteiger partial charge in [-0.25, -0.2) is 9.59 Å². The molecule has 0 aliphatic carbocycles. The maximum atomic E-state index is 12.8. The number of rotatable bonds is 7. The van der Waals surface area contributed by atoms with Crippen LogP contribution in [0.15, 0.2) is 42.5 Å². The van der Waals surface area contributed by atoms with Crippen molar-refractivity contribution in [1.29, 1.82) is 0 Å². The molecule has 3 amide bonds. The molecule has 1 saturated heterocycles. The number of esters is 1. The van der Waals surface area contributed by atoms with Crippen molar-refractivity contribution >= 4 is 29.3 Å². The monoisotopic (exact) mass is 413 g/mol. The van der Waals surface area contributed by atoms with Crippen LogP contribution >= 0.6 is 0 Å². The van der Waals surface area contributed by atoms with Crippen molar-refractivity contribution in [1.82, 2.24) is 4.90 Å². The number of methoxy groups -OCH3 is 3. The van der Waals surface area contributed by atoms with Gasteiger partial charge in [-0.1, -0.05) is 0 Å². The molecular formula is C21H23N3O6. The summed E-state index contributed by atoms with van der Waals surface area (Å²) in [6.07, 6.45) is 0. The third-order valence-corrected chi connectivity index (χ3v) is 4.70. The summed E-state index contributed by atoms with van der Waals surface area (Å²) in [5.41, 5.74) is 1.49. The molecular weight excluding hydrogens is 390 g/mol. The van der Waals surface area contributed by atoms with Crippen molar-refractivity contribution in [2.24, 2.45) is 0 Å². The van der Waals surface area contributed by atoms with Crippen molar-refractivity contribution < 1.29 is 28.6 Å². The lowest BCUT2D eigenvalue weighted by Gasteiger charge is -2.21. The largest absolute Gasteiger partial charge is 0.497 e. The van der Waals surface area contributed by atoms with Gasteiger partial charge in [-0.15, -0.1) is 0 Å². The average Bonchev–Trinajstić information content (AvgIpc) is 3.12. The van der Waals surface area contributed by atoms with Gasteiger partial charge in [-0.2, -0.15) is 0 Å². The summed E-state index contributed by atoms with van der Waals surface area (Å²) in [7, 11) is 4.38. The van der Waals surface area contributed by atoms with E-state index in [-0.39, 0.29) is 18.5 Å². The number of urea groups is 1. The lowest BCUT2D eigenvalue weighted by molar-refractivity contribution is -0.116. The van der Waals surface area contributed by atoms with E-state index in [9.17, 15) is 14.4 Å². The highest BCUT2D eigenvalue weighted by Gasteiger charge is 2.32. The van der Waals surface area contributed by atoms with E-state index >= 15 is 0 Å². The smallest absolute Gasteiger partial charge is 0.337 e. The van der Waals surface area contributed by atoms with Crippen LogP contribution in [0.3, 0.4) is 0 Å². The number of carbonyl (C=O) groups is 3. The first-order valence-corrected chi connectivity index (χ1v) is 9.23. The van der Waals surface area contributed by atoms with Crippen LogP contribution in [0.2, 0.25) is 0 Å². The molecule has 1 heterocycles. The summed E-state index contributed by atoms with van der Waals surface area (Å²) >= 11 is 0. The first-order chi connectivity index (χ1) is 14.5. The Hall–Kier alpha value is -3.75. The van der Waals surface area contributed by atoms with E-state index in [1.165, 1.54) is 19.1 Å². The highest BCUT2D eigenvalue weighted by Crippen LogP contribution is 2.34. The zero-order chi connectivity index (χ0) is 21.7. The zero-order valence-corrected chi connectivity index (χ0v) is 17.0. The molecule has 0 unspecified atom stereocenters. The summed E-state index contributed by atoms with van der Waals surface area (Å²) in [6, 6.07) is 11.2. The number of ether oxygens (including phenoxy) is 3. The van der Waals surface area contributed by atoms with Gasteiger partial charge in [-0.3, -0.25) is 9.69 Å². The number of nitrogens with one attached hydrogen (secondary N) is 1. The minimum absolute atomic E-state index is 0.0969. The van der Waals surface area contributed by atoms with Crippen LogP contribution in [0.4, 0.5) is 16.2 Å². The van der Waals surface area contributed by atoms with Gasteiger partial charge in [0.1, 0.15) is 18.0 Å². The fourth-order valence-electron chi connectivity index (χ4n) is 3.14. The number of nitrogens with zero attached hydrogens (tertiary/aromatic N) is 2. The molecule has 1 aliphatic heterocycles. The molecule has 30 heavy (non-hydrogen) atoms. The Kier molecular flexibility index (Phi) is 6.41. The molecule has 1 aliphatic rings. The molecule has 1 N–H and O–H groups in total. The van der Waals surface area contributed by atoms with Crippen LogP contribution in [-0.2, 0) is 9.53 Å². The Balaban J connectivity index is 1.64. The van der Waals surface area contributed by atoms with Crippen LogP contribution in [0.25, 0.3) is 0 Å². The lowest BCUT2D eigenvalue weighted by Crippen LogP contribution is -2.37. The van der Waals surface area contributed by atoms with Gasteiger partial charge in [0.15, 0.2) is 0 Å². The van der Waals surface area contributed by atoms with Crippen LogP contribution in [0.1, 0.15) is 10.4 Å². The van der Waals surface area contributed by atoms with Gasteiger partial charge >= 0.3 is 12.0 Å². The van der Waals surface area contributed by atoms with Gasteiger partial charge in [0.2, 0.25) is 5.91 Å². The summed E-state index contributed by atoms with van der Waals surface area (Å²) in [5, 5.41) is 2.72. The topological polar surface area (TPSA) is 97.4 Å². The predicted octanol–water partition coefficient (Wildman–Crippen LogP) is 2.37. The Morgan fingerprint density at radius 2 is 1.73 bits per heavy atom. The number of hydrogen-bond acceptors (Lipinski definition) is 6. The third-order valence-electron chi connectivity index (χ3n) is 4.70. The van der Waals surface area contributed by atoms with Gasteiger partial charge in [-0.05, 0) is 36.4 Å². The molecule has 0 aromatic heterocycles. The fraction of sp³-hybridized carbons (Fsp3) is 0.286. The summed E-state index contributed by atoms with van der Waals surface area (Å²) in [5.74, 6) is 0.351. The second-order valence-electron chi connectivity index (χ2n) is 6.51. The first kappa shape index (κ1) is 21.0. The normalized spacial score (nSPS) is 13.2. The summed E-state index contributed by atoms with van der Waals surface area (Å²) < 4.78 is 15.2. The maximum Gasteiger partial charge on any atom is 0.337 e. The lowest BCUT2D eigenvalue weighted by atomic mass is 10.2. The van der Waals surface area contributed by atoms with Crippen LogP contribution in [0, 0.1) is 0 Å². The Labute approximate surface area is 174 Å². The van der Waals surface area contributed by atoms with Crippen molar-refractivity contribution in [3.8, 4) is 11.5 Å². The summed E-state index contributed by atoms with van der Waals surface area (Å²) in [6.45, 7) is 0.720. The number of amides is 3. The minimum atomic E-state index is -0.455. The second kappa shape index (κ2) is 9.17.